The van der Waals surface area contributed by atoms with Crippen LogP contribution in [0.25, 0.3) is 0 Å². The minimum absolute atomic E-state index is 0.0465. The van der Waals surface area contributed by atoms with Gasteiger partial charge in [-0.25, -0.2) is 8.42 Å². The Morgan fingerprint density at radius 2 is 1.58 bits per heavy atom. The normalized spacial score (nSPS) is 12.1. The average molecular weight is 577 g/mol. The third-order valence-corrected chi connectivity index (χ3v) is 8.62. The average Bonchev–Trinajstić information content (AvgIpc) is 2.87. The van der Waals surface area contributed by atoms with Crippen molar-refractivity contribution in [3.05, 3.63) is 93.5 Å². The van der Waals surface area contributed by atoms with Gasteiger partial charge in [0.15, 0.2) is 0 Å². The predicted molar refractivity (Wildman–Crippen MR) is 152 cm³/mol. The van der Waals surface area contributed by atoms with Gasteiger partial charge in [-0.15, -0.1) is 0 Å². The lowest BCUT2D eigenvalue weighted by atomic mass is 10.1. The summed E-state index contributed by atoms with van der Waals surface area (Å²) in [5, 5.41) is 3.39. The van der Waals surface area contributed by atoms with Gasteiger partial charge < -0.3 is 10.2 Å². The summed E-state index contributed by atoms with van der Waals surface area (Å²) < 4.78 is 28.8. The van der Waals surface area contributed by atoms with E-state index in [-0.39, 0.29) is 17.3 Å². The highest BCUT2D eigenvalue weighted by Crippen LogP contribution is 2.30. The van der Waals surface area contributed by atoms with Gasteiger partial charge in [0.2, 0.25) is 11.8 Å². The molecular weight excluding hydrogens is 545 g/mol. The third-order valence-electron chi connectivity index (χ3n) is 6.14. The Morgan fingerprint density at radius 3 is 2.16 bits per heavy atom. The molecule has 1 N–H and O–H groups in total. The number of nitrogens with zero attached hydrogens (tertiary/aromatic N) is 2. The largest absolute Gasteiger partial charge is 0.355 e. The minimum Gasteiger partial charge on any atom is -0.355 e. The molecule has 1 atom stereocenters. The molecule has 0 aliphatic rings. The number of hydrogen-bond acceptors (Lipinski definition) is 4. The van der Waals surface area contributed by atoms with Gasteiger partial charge in [-0.3, -0.25) is 13.9 Å². The second-order valence-electron chi connectivity index (χ2n) is 8.91. The summed E-state index contributed by atoms with van der Waals surface area (Å²) >= 11 is 12.8. The number of amides is 2. The first-order valence-electron chi connectivity index (χ1n) is 12.1. The Balaban J connectivity index is 2.09. The molecule has 0 radical (unpaired) electrons. The lowest BCUT2D eigenvalue weighted by Crippen LogP contribution is -2.51. The summed E-state index contributed by atoms with van der Waals surface area (Å²) in [7, 11) is -4.13. The van der Waals surface area contributed by atoms with Crippen molar-refractivity contribution in [1.82, 2.24) is 10.2 Å². The lowest BCUT2D eigenvalue weighted by Gasteiger charge is -2.32. The number of aryl methyl sites for hydroxylation is 2. The summed E-state index contributed by atoms with van der Waals surface area (Å²) in [5.74, 6) is -0.966. The number of nitrogens with one attached hydrogen (secondary N) is 1. The smallest absolute Gasteiger partial charge is 0.264 e. The van der Waals surface area contributed by atoms with Crippen LogP contribution in [-0.2, 0) is 26.2 Å². The van der Waals surface area contributed by atoms with E-state index in [2.05, 4.69) is 5.32 Å². The Morgan fingerprint density at radius 1 is 0.947 bits per heavy atom. The monoisotopic (exact) mass is 575 g/mol. The highest BCUT2D eigenvalue weighted by atomic mass is 35.5. The molecule has 1 unspecified atom stereocenters. The third kappa shape index (κ3) is 6.67. The maximum absolute atomic E-state index is 13.9. The molecule has 0 aliphatic carbocycles. The fourth-order valence-corrected chi connectivity index (χ4v) is 6.09. The zero-order valence-electron chi connectivity index (χ0n) is 21.7. The predicted octanol–water partition coefficient (Wildman–Crippen LogP) is 5.36. The maximum Gasteiger partial charge on any atom is 0.264 e. The summed E-state index contributed by atoms with van der Waals surface area (Å²) in [4.78, 5) is 28.1. The fourth-order valence-electron chi connectivity index (χ4n) is 4.08. The van der Waals surface area contributed by atoms with Crippen LogP contribution >= 0.6 is 23.2 Å². The van der Waals surface area contributed by atoms with Gasteiger partial charge in [0, 0.05) is 28.7 Å². The van der Waals surface area contributed by atoms with Gasteiger partial charge >= 0.3 is 0 Å². The number of likely N-dealkylation sites (N-methyl/N-ethyl adjacent to an activating group) is 1. The highest BCUT2D eigenvalue weighted by Gasteiger charge is 2.33. The van der Waals surface area contributed by atoms with Crippen molar-refractivity contribution < 1.29 is 18.0 Å². The molecule has 0 spiro atoms. The van der Waals surface area contributed by atoms with E-state index < -0.39 is 28.5 Å². The quantitative estimate of drug-likeness (QED) is 0.352. The zero-order valence-corrected chi connectivity index (χ0v) is 24.1. The first-order valence-corrected chi connectivity index (χ1v) is 14.3. The number of sulfonamides is 1. The number of hydrogen-bond donors (Lipinski definition) is 1. The van der Waals surface area contributed by atoms with Crippen molar-refractivity contribution >= 4 is 50.7 Å². The highest BCUT2D eigenvalue weighted by molar-refractivity contribution is 7.92. The SMILES string of the molecule is CCNC(=O)C(C)N(Cc1c(Cl)cccc1Cl)C(=O)CN(c1ccc(C)cc1C)S(=O)(=O)c1ccccc1. The van der Waals surface area contributed by atoms with Crippen LogP contribution < -0.4 is 9.62 Å². The number of carbonyl (C=O) groups is 2. The molecule has 0 bridgehead atoms. The fraction of sp³-hybridized carbons (Fsp3) is 0.286. The van der Waals surface area contributed by atoms with Gasteiger partial charge in [-0.05, 0) is 63.6 Å². The van der Waals surface area contributed by atoms with Crippen LogP contribution in [0.1, 0.15) is 30.5 Å². The molecule has 0 saturated heterocycles. The Bertz CT molecular complexity index is 1390. The summed E-state index contributed by atoms with van der Waals surface area (Å²) in [6, 6.07) is 17.3. The van der Waals surface area contributed by atoms with Crippen LogP contribution in [0.5, 0.6) is 0 Å². The zero-order chi connectivity index (χ0) is 28.0. The second-order valence-corrected chi connectivity index (χ2v) is 11.6. The Kier molecular flexibility index (Phi) is 9.82. The van der Waals surface area contributed by atoms with E-state index in [1.807, 2.05) is 13.0 Å². The second kappa shape index (κ2) is 12.7. The van der Waals surface area contributed by atoms with Gasteiger partial charge in [0.05, 0.1) is 10.6 Å². The van der Waals surface area contributed by atoms with Gasteiger partial charge in [-0.2, -0.15) is 0 Å². The number of anilines is 1. The number of carbonyl (C=O) groups excluding carboxylic acids is 2. The molecule has 0 heterocycles. The molecule has 202 valence electrons. The van der Waals surface area contributed by atoms with E-state index in [4.69, 9.17) is 23.2 Å². The topological polar surface area (TPSA) is 86.8 Å². The molecule has 0 fully saturated rings. The van der Waals surface area contributed by atoms with E-state index in [1.54, 1.807) is 69.3 Å². The van der Waals surface area contributed by atoms with E-state index >= 15 is 0 Å². The molecule has 0 aromatic heterocycles. The van der Waals surface area contributed by atoms with Gasteiger partial charge in [0.1, 0.15) is 12.6 Å². The lowest BCUT2D eigenvalue weighted by molar-refractivity contribution is -0.139. The van der Waals surface area contributed by atoms with Gasteiger partial charge in [-0.1, -0.05) is 65.2 Å². The van der Waals surface area contributed by atoms with Crippen molar-refractivity contribution in [2.24, 2.45) is 0 Å². The summed E-state index contributed by atoms with van der Waals surface area (Å²) in [6.07, 6.45) is 0. The molecule has 3 rings (SSSR count). The van der Waals surface area contributed by atoms with Crippen molar-refractivity contribution in [3.8, 4) is 0 Å². The van der Waals surface area contributed by atoms with E-state index in [1.165, 1.54) is 17.0 Å². The molecule has 3 aromatic carbocycles. The summed E-state index contributed by atoms with van der Waals surface area (Å²) in [6.45, 7) is 6.81. The van der Waals surface area contributed by atoms with Crippen LogP contribution in [0.15, 0.2) is 71.6 Å². The Labute approximate surface area is 234 Å². The molecule has 7 nitrogen and oxygen atoms in total. The van der Waals surface area contributed by atoms with Crippen molar-refractivity contribution in [1.29, 1.82) is 0 Å². The van der Waals surface area contributed by atoms with E-state index in [0.29, 0.717) is 33.4 Å². The molecule has 0 saturated carbocycles. The van der Waals surface area contributed by atoms with Crippen molar-refractivity contribution in [3.63, 3.8) is 0 Å². The Hall–Kier alpha value is -3.07. The molecule has 0 aliphatic heterocycles. The van der Waals surface area contributed by atoms with Crippen LogP contribution in [0.3, 0.4) is 0 Å². The van der Waals surface area contributed by atoms with Crippen LogP contribution in [0.4, 0.5) is 5.69 Å². The van der Waals surface area contributed by atoms with Crippen LogP contribution in [0, 0.1) is 13.8 Å². The van der Waals surface area contributed by atoms with Crippen molar-refractivity contribution in [2.75, 3.05) is 17.4 Å². The number of rotatable bonds is 10. The first kappa shape index (κ1) is 29.5. The molecule has 2 amide bonds. The maximum atomic E-state index is 13.9. The van der Waals surface area contributed by atoms with Crippen LogP contribution in [-0.4, -0.2) is 44.3 Å². The number of halogens is 2. The molecule has 10 heteroatoms. The van der Waals surface area contributed by atoms with Gasteiger partial charge in [0.25, 0.3) is 10.0 Å². The molecule has 3 aromatic rings. The van der Waals surface area contributed by atoms with Crippen LogP contribution in [0.2, 0.25) is 10.0 Å². The molecule has 38 heavy (non-hydrogen) atoms. The minimum atomic E-state index is -4.13. The first-order chi connectivity index (χ1) is 18.0. The van der Waals surface area contributed by atoms with E-state index in [9.17, 15) is 18.0 Å². The number of benzene rings is 3. The standard InChI is InChI=1S/C28H31Cl2N3O4S/c1-5-31-28(35)21(4)32(17-23-24(29)12-9-13-25(23)30)27(34)18-33(26-15-14-19(2)16-20(26)3)38(36,37)22-10-7-6-8-11-22/h6-16,21H,5,17-18H2,1-4H3,(H,31,35). The summed E-state index contributed by atoms with van der Waals surface area (Å²) in [5.41, 5.74) is 2.47. The van der Waals surface area contributed by atoms with Crippen molar-refractivity contribution in [2.45, 2.75) is 45.2 Å². The van der Waals surface area contributed by atoms with E-state index in [0.717, 1.165) is 9.87 Å². The molecular formula is C28H31Cl2N3O4S.